The first kappa shape index (κ1) is 14.4. The van der Waals surface area contributed by atoms with E-state index in [2.05, 4.69) is 26.8 Å². The molecule has 3 rings (SSSR count). The zero-order chi connectivity index (χ0) is 14.7. The quantitative estimate of drug-likeness (QED) is 0.599. The fourth-order valence-electron chi connectivity index (χ4n) is 2.66. The predicted molar refractivity (Wildman–Crippen MR) is 81.0 cm³/mol. The molecule has 112 valence electrons. The van der Waals surface area contributed by atoms with Gasteiger partial charge in [-0.05, 0) is 0 Å². The fraction of sp³-hybridized carbons (Fsp3) is 0.500. The highest BCUT2D eigenvalue weighted by atomic mass is 32.1. The highest BCUT2D eigenvalue weighted by molar-refractivity contribution is 7.09. The number of ether oxygens (including phenoxy) is 1. The topological polar surface area (TPSA) is 56.1 Å². The van der Waals surface area contributed by atoms with Gasteiger partial charge in [-0.2, -0.15) is 0 Å². The molecule has 21 heavy (non-hydrogen) atoms. The summed E-state index contributed by atoms with van der Waals surface area (Å²) in [6, 6.07) is 0.131. The second-order valence-electron chi connectivity index (χ2n) is 5.03. The second kappa shape index (κ2) is 6.46. The number of thiazole rings is 1. The molecular formula is C14H19N5OS. The maximum absolute atomic E-state index is 5.68. The van der Waals surface area contributed by atoms with Gasteiger partial charge in [0.15, 0.2) is 0 Å². The van der Waals surface area contributed by atoms with E-state index in [1.54, 1.807) is 17.4 Å². The van der Waals surface area contributed by atoms with Crippen molar-refractivity contribution in [1.29, 1.82) is 0 Å². The molecular weight excluding hydrogens is 286 g/mol. The Kier molecular flexibility index (Phi) is 4.42. The van der Waals surface area contributed by atoms with Gasteiger partial charge in [-0.3, -0.25) is 9.58 Å². The van der Waals surface area contributed by atoms with Crippen molar-refractivity contribution in [3.8, 4) is 0 Å². The highest BCUT2D eigenvalue weighted by Crippen LogP contribution is 2.29. The first-order valence-corrected chi connectivity index (χ1v) is 7.87. The summed E-state index contributed by atoms with van der Waals surface area (Å²) in [5, 5.41) is 11.6. The van der Waals surface area contributed by atoms with Crippen molar-refractivity contribution in [3.05, 3.63) is 40.6 Å². The highest BCUT2D eigenvalue weighted by Gasteiger charge is 2.32. The molecule has 0 radical (unpaired) electrons. The third-order valence-electron chi connectivity index (χ3n) is 3.70. The molecule has 0 N–H and O–H groups in total. The van der Waals surface area contributed by atoms with Gasteiger partial charge in [0.25, 0.3) is 0 Å². The molecule has 1 aliphatic rings. The van der Waals surface area contributed by atoms with E-state index in [0.717, 1.165) is 30.2 Å². The van der Waals surface area contributed by atoms with Gasteiger partial charge < -0.3 is 4.74 Å². The summed E-state index contributed by atoms with van der Waals surface area (Å²) in [7, 11) is 1.95. The Hall–Kier alpha value is -1.57. The maximum atomic E-state index is 5.68. The number of fused-ring (bicyclic) bond motifs is 1. The lowest BCUT2D eigenvalue weighted by Crippen LogP contribution is -2.38. The molecule has 0 aliphatic carbocycles. The Morgan fingerprint density at radius 3 is 3.24 bits per heavy atom. The maximum Gasteiger partial charge on any atom is 0.107 e. The Bertz CT molecular complexity index is 595. The molecule has 7 heteroatoms. The molecule has 0 saturated carbocycles. The van der Waals surface area contributed by atoms with Gasteiger partial charge in [0.05, 0.1) is 31.5 Å². The van der Waals surface area contributed by atoms with Crippen LogP contribution >= 0.6 is 11.3 Å². The summed E-state index contributed by atoms with van der Waals surface area (Å²) in [6.07, 6.45) is 4.58. The van der Waals surface area contributed by atoms with Gasteiger partial charge >= 0.3 is 0 Å². The molecule has 0 fully saturated rings. The van der Waals surface area contributed by atoms with E-state index in [1.807, 2.05) is 23.3 Å². The summed E-state index contributed by atoms with van der Waals surface area (Å²) < 4.78 is 7.56. The minimum atomic E-state index is 0.131. The van der Waals surface area contributed by atoms with Gasteiger partial charge in [0, 0.05) is 31.6 Å². The minimum absolute atomic E-state index is 0.131. The van der Waals surface area contributed by atoms with Crippen LogP contribution in [0.3, 0.4) is 0 Å². The van der Waals surface area contributed by atoms with Crippen LogP contribution < -0.4 is 0 Å². The van der Waals surface area contributed by atoms with Crippen molar-refractivity contribution >= 4 is 11.3 Å². The molecule has 0 bridgehead atoms. The monoisotopic (exact) mass is 305 g/mol. The van der Waals surface area contributed by atoms with Gasteiger partial charge in [-0.25, -0.2) is 4.98 Å². The van der Waals surface area contributed by atoms with Crippen LogP contribution in [0.25, 0.3) is 0 Å². The summed E-state index contributed by atoms with van der Waals surface area (Å²) in [6.45, 7) is 6.64. The minimum Gasteiger partial charge on any atom is -0.375 e. The SMILES string of the molecule is C=CCOCC1c2nnn(C)c2CCN1Cc1nccs1. The number of aryl methyl sites for hydroxylation is 1. The van der Waals surface area contributed by atoms with Gasteiger partial charge in [0.2, 0.25) is 0 Å². The van der Waals surface area contributed by atoms with Crippen molar-refractivity contribution in [3.63, 3.8) is 0 Å². The first-order chi connectivity index (χ1) is 10.3. The fourth-order valence-corrected chi connectivity index (χ4v) is 3.30. The van der Waals surface area contributed by atoms with Crippen LogP contribution in [0.15, 0.2) is 24.2 Å². The molecule has 1 unspecified atom stereocenters. The lowest BCUT2D eigenvalue weighted by atomic mass is 10.0. The van der Waals surface area contributed by atoms with E-state index in [0.29, 0.717) is 13.2 Å². The van der Waals surface area contributed by atoms with E-state index in [4.69, 9.17) is 4.74 Å². The van der Waals surface area contributed by atoms with Crippen LogP contribution in [0.5, 0.6) is 0 Å². The average Bonchev–Trinajstić information content (AvgIpc) is 3.11. The van der Waals surface area contributed by atoms with Crippen molar-refractivity contribution in [2.75, 3.05) is 19.8 Å². The van der Waals surface area contributed by atoms with Crippen LogP contribution in [0.2, 0.25) is 0 Å². The van der Waals surface area contributed by atoms with Crippen LogP contribution in [0.4, 0.5) is 0 Å². The Morgan fingerprint density at radius 1 is 1.57 bits per heavy atom. The zero-order valence-electron chi connectivity index (χ0n) is 12.1. The smallest absolute Gasteiger partial charge is 0.107 e. The van der Waals surface area contributed by atoms with E-state index in [-0.39, 0.29) is 6.04 Å². The van der Waals surface area contributed by atoms with Crippen molar-refractivity contribution in [2.24, 2.45) is 7.05 Å². The van der Waals surface area contributed by atoms with Crippen molar-refractivity contribution in [1.82, 2.24) is 24.9 Å². The summed E-state index contributed by atoms with van der Waals surface area (Å²) >= 11 is 1.68. The van der Waals surface area contributed by atoms with E-state index >= 15 is 0 Å². The predicted octanol–water partition coefficient (Wildman–Crippen LogP) is 1.57. The van der Waals surface area contributed by atoms with Crippen LogP contribution in [-0.4, -0.2) is 44.6 Å². The largest absolute Gasteiger partial charge is 0.375 e. The summed E-state index contributed by atoms with van der Waals surface area (Å²) in [5.74, 6) is 0. The molecule has 0 saturated heterocycles. The summed E-state index contributed by atoms with van der Waals surface area (Å²) in [4.78, 5) is 6.75. The van der Waals surface area contributed by atoms with Crippen molar-refractivity contribution in [2.45, 2.75) is 19.0 Å². The van der Waals surface area contributed by atoms with E-state index in [9.17, 15) is 0 Å². The molecule has 0 spiro atoms. The first-order valence-electron chi connectivity index (χ1n) is 6.99. The number of hydrogen-bond acceptors (Lipinski definition) is 6. The standard InChI is InChI=1S/C14H19N5OS/c1-3-7-20-10-12-14-11(18(2)17-16-14)4-6-19(12)9-13-15-5-8-21-13/h3,5,8,12H,1,4,6-7,9-10H2,2H3. The van der Waals surface area contributed by atoms with Gasteiger partial charge in [0.1, 0.15) is 10.7 Å². The number of aromatic nitrogens is 4. The van der Waals surface area contributed by atoms with Crippen LogP contribution in [0.1, 0.15) is 22.4 Å². The molecule has 1 atom stereocenters. The number of nitrogens with zero attached hydrogens (tertiary/aromatic N) is 5. The number of hydrogen-bond donors (Lipinski definition) is 0. The van der Waals surface area contributed by atoms with Crippen LogP contribution in [0, 0.1) is 0 Å². The lowest BCUT2D eigenvalue weighted by molar-refractivity contribution is 0.0599. The zero-order valence-corrected chi connectivity index (χ0v) is 12.9. The molecule has 2 aromatic rings. The van der Waals surface area contributed by atoms with Crippen LogP contribution in [-0.2, 0) is 24.8 Å². The van der Waals surface area contributed by atoms with E-state index < -0.39 is 0 Å². The molecule has 2 aromatic heterocycles. The van der Waals surface area contributed by atoms with Gasteiger partial charge in [-0.15, -0.1) is 23.0 Å². The Labute approximate surface area is 128 Å². The molecule has 3 heterocycles. The third-order valence-corrected chi connectivity index (χ3v) is 4.46. The van der Waals surface area contributed by atoms with Crippen molar-refractivity contribution < 1.29 is 4.74 Å². The Morgan fingerprint density at radius 2 is 2.48 bits per heavy atom. The second-order valence-corrected chi connectivity index (χ2v) is 6.01. The molecule has 0 amide bonds. The molecule has 6 nitrogen and oxygen atoms in total. The van der Waals surface area contributed by atoms with E-state index in [1.165, 1.54) is 5.69 Å². The summed E-state index contributed by atoms with van der Waals surface area (Å²) in [5.41, 5.74) is 2.24. The molecule has 0 aromatic carbocycles. The lowest BCUT2D eigenvalue weighted by Gasteiger charge is -2.33. The van der Waals surface area contributed by atoms with Gasteiger partial charge in [-0.1, -0.05) is 11.3 Å². The Balaban J connectivity index is 1.80. The third kappa shape index (κ3) is 3.04. The number of rotatable bonds is 6. The molecule has 1 aliphatic heterocycles. The average molecular weight is 305 g/mol. The normalized spacial score (nSPS) is 18.6.